The third-order valence-electron chi connectivity index (χ3n) is 8.03. The molecule has 5 N–H and O–H groups in total. The van der Waals surface area contributed by atoms with Gasteiger partial charge in [-0.05, 0) is 75.4 Å². The lowest BCUT2D eigenvalue weighted by molar-refractivity contribution is -0.139. The number of benzene rings is 2. The third kappa shape index (κ3) is 9.41. The molecule has 0 aliphatic carbocycles. The van der Waals surface area contributed by atoms with E-state index in [1.54, 1.807) is 32.2 Å². The summed E-state index contributed by atoms with van der Waals surface area (Å²) >= 11 is 0. The van der Waals surface area contributed by atoms with Crippen molar-refractivity contribution in [3.63, 3.8) is 0 Å². The third-order valence-corrected chi connectivity index (χ3v) is 9.81. The molecule has 12 heteroatoms. The van der Waals surface area contributed by atoms with E-state index in [0.717, 1.165) is 30.6 Å². The lowest BCUT2D eigenvalue weighted by Gasteiger charge is -2.28. The van der Waals surface area contributed by atoms with Gasteiger partial charge in [-0.3, -0.25) is 19.5 Å². The van der Waals surface area contributed by atoms with Crippen LogP contribution in [0.15, 0.2) is 71.8 Å². The number of amides is 1. The van der Waals surface area contributed by atoms with E-state index >= 15 is 0 Å². The van der Waals surface area contributed by atoms with Gasteiger partial charge in [-0.25, -0.2) is 8.42 Å². The van der Waals surface area contributed by atoms with Crippen molar-refractivity contribution in [2.45, 2.75) is 69.2 Å². The second-order valence-corrected chi connectivity index (χ2v) is 13.3. The van der Waals surface area contributed by atoms with E-state index in [-0.39, 0.29) is 29.7 Å². The van der Waals surface area contributed by atoms with Crippen molar-refractivity contribution in [1.82, 2.24) is 19.9 Å². The molecule has 2 heterocycles. The summed E-state index contributed by atoms with van der Waals surface area (Å²) < 4.78 is 34.4. The van der Waals surface area contributed by atoms with Crippen molar-refractivity contribution in [2.75, 3.05) is 26.2 Å². The highest BCUT2D eigenvalue weighted by Gasteiger charge is 2.37. The SMILES string of the molecule is Cc1cc(C)c(S(=O)(=O)NC(CNC(=O)COC2CC(C(N)c3ccccn3)N(CCCc3ccccc3)C2)C(=O)O)c(C)c1. The van der Waals surface area contributed by atoms with E-state index < -0.39 is 34.5 Å². The van der Waals surface area contributed by atoms with Crippen LogP contribution >= 0.6 is 0 Å². The van der Waals surface area contributed by atoms with Crippen molar-refractivity contribution >= 4 is 21.9 Å². The largest absolute Gasteiger partial charge is 0.480 e. The summed E-state index contributed by atoms with van der Waals surface area (Å²) in [5.41, 5.74) is 10.6. The van der Waals surface area contributed by atoms with Crippen molar-refractivity contribution in [1.29, 1.82) is 0 Å². The van der Waals surface area contributed by atoms with E-state index in [4.69, 9.17) is 10.5 Å². The molecule has 1 fully saturated rings. The standard InChI is InChI=1S/C33H43N5O6S/c1-22-16-23(2)32(24(3)17-22)45(42,43)37-28(33(40)41)19-36-30(39)21-44-26-18-29(31(34)27-13-7-8-14-35-27)38(20-26)15-9-12-25-10-5-4-6-11-25/h4-8,10-11,13-14,16-17,26,28-29,31,37H,9,12,15,18-21,34H2,1-3H3,(H,36,39)(H,40,41). The lowest BCUT2D eigenvalue weighted by atomic mass is 10.0. The van der Waals surface area contributed by atoms with Gasteiger partial charge in [0.1, 0.15) is 12.6 Å². The number of likely N-dealkylation sites (tertiary alicyclic amines) is 1. The molecule has 4 unspecified atom stereocenters. The minimum atomic E-state index is -4.16. The van der Waals surface area contributed by atoms with E-state index in [0.29, 0.717) is 24.1 Å². The summed E-state index contributed by atoms with van der Waals surface area (Å²) in [6.45, 7) is 5.81. The molecule has 4 rings (SSSR count). The van der Waals surface area contributed by atoms with Crippen LogP contribution in [-0.2, 0) is 30.8 Å². The molecule has 0 bridgehead atoms. The first-order valence-corrected chi connectivity index (χ1v) is 16.6. The highest BCUT2D eigenvalue weighted by atomic mass is 32.2. The van der Waals surface area contributed by atoms with Gasteiger partial charge in [0, 0.05) is 25.3 Å². The average molecular weight is 638 g/mol. The van der Waals surface area contributed by atoms with Crippen LogP contribution < -0.4 is 15.8 Å². The van der Waals surface area contributed by atoms with Crippen molar-refractivity contribution in [3.8, 4) is 0 Å². The number of aromatic nitrogens is 1. The Bertz CT molecular complexity index is 1530. The minimum Gasteiger partial charge on any atom is -0.480 e. The average Bonchev–Trinajstić information content (AvgIpc) is 3.40. The summed E-state index contributed by atoms with van der Waals surface area (Å²) in [6.07, 6.45) is 3.90. The normalized spacial score (nSPS) is 18.4. The van der Waals surface area contributed by atoms with E-state index in [1.165, 1.54) is 5.56 Å². The predicted molar refractivity (Wildman–Crippen MR) is 171 cm³/mol. The van der Waals surface area contributed by atoms with E-state index in [1.807, 2.05) is 43.3 Å². The van der Waals surface area contributed by atoms with Crippen LogP contribution in [0, 0.1) is 20.8 Å². The maximum Gasteiger partial charge on any atom is 0.323 e. The Kier molecular flexibility index (Phi) is 11.8. The van der Waals surface area contributed by atoms with Crippen LogP contribution in [0.2, 0.25) is 0 Å². The van der Waals surface area contributed by atoms with Gasteiger partial charge in [0.2, 0.25) is 15.9 Å². The summed E-state index contributed by atoms with van der Waals surface area (Å²) in [6, 6.07) is 17.4. The molecule has 4 atom stereocenters. The van der Waals surface area contributed by atoms with Crippen LogP contribution in [0.3, 0.4) is 0 Å². The molecule has 45 heavy (non-hydrogen) atoms. The Labute approximate surface area is 265 Å². The van der Waals surface area contributed by atoms with Gasteiger partial charge < -0.3 is 20.9 Å². The Morgan fingerprint density at radius 3 is 2.42 bits per heavy atom. The topological polar surface area (TPSA) is 164 Å². The van der Waals surface area contributed by atoms with Crippen LogP contribution in [0.25, 0.3) is 0 Å². The maximum absolute atomic E-state index is 13.1. The number of carbonyl (C=O) groups is 2. The Hall–Kier alpha value is -3.68. The van der Waals surface area contributed by atoms with Gasteiger partial charge in [0.05, 0.1) is 22.7 Å². The summed E-state index contributed by atoms with van der Waals surface area (Å²) in [4.78, 5) is 31.4. The Morgan fingerprint density at radius 1 is 1.09 bits per heavy atom. The Balaban J connectivity index is 1.33. The Morgan fingerprint density at radius 2 is 1.78 bits per heavy atom. The van der Waals surface area contributed by atoms with Gasteiger partial charge in [-0.1, -0.05) is 54.1 Å². The number of hydrogen-bond donors (Lipinski definition) is 4. The van der Waals surface area contributed by atoms with Crippen molar-refractivity contribution < 1.29 is 27.9 Å². The zero-order valence-electron chi connectivity index (χ0n) is 26.0. The van der Waals surface area contributed by atoms with E-state index in [9.17, 15) is 23.1 Å². The first-order chi connectivity index (χ1) is 21.4. The van der Waals surface area contributed by atoms with Gasteiger partial charge >= 0.3 is 5.97 Å². The van der Waals surface area contributed by atoms with Crippen LogP contribution in [0.4, 0.5) is 0 Å². The number of rotatable bonds is 15. The van der Waals surface area contributed by atoms with Gasteiger partial charge in [-0.15, -0.1) is 0 Å². The molecule has 1 saturated heterocycles. The number of aliphatic carboxylic acids is 1. The quantitative estimate of drug-likeness (QED) is 0.196. The smallest absolute Gasteiger partial charge is 0.323 e. The molecule has 1 amide bonds. The first-order valence-electron chi connectivity index (χ1n) is 15.1. The fourth-order valence-corrected chi connectivity index (χ4v) is 7.66. The summed E-state index contributed by atoms with van der Waals surface area (Å²) in [5.74, 6) is -1.95. The molecule has 0 saturated carbocycles. The van der Waals surface area contributed by atoms with Crippen LogP contribution in [0.1, 0.15) is 46.8 Å². The highest BCUT2D eigenvalue weighted by molar-refractivity contribution is 7.89. The number of nitrogens with zero attached hydrogens (tertiary/aromatic N) is 2. The summed E-state index contributed by atoms with van der Waals surface area (Å²) in [7, 11) is -4.16. The number of carboxylic acid groups (broad SMARTS) is 1. The zero-order valence-corrected chi connectivity index (χ0v) is 26.8. The molecule has 1 aliphatic heterocycles. The number of pyridine rings is 1. The molecule has 1 aromatic heterocycles. The molecule has 2 aromatic carbocycles. The second-order valence-electron chi connectivity index (χ2n) is 11.6. The molecule has 0 radical (unpaired) electrons. The number of nitrogens with two attached hydrogens (primary N) is 1. The minimum absolute atomic E-state index is 0.0297. The van der Waals surface area contributed by atoms with Crippen LogP contribution in [-0.4, -0.2) is 79.7 Å². The number of aryl methyl sites for hydroxylation is 4. The number of carboxylic acids is 1. The van der Waals surface area contributed by atoms with Crippen molar-refractivity contribution in [2.24, 2.45) is 5.73 Å². The monoisotopic (exact) mass is 637 g/mol. The van der Waals surface area contributed by atoms with Crippen LogP contribution in [0.5, 0.6) is 0 Å². The number of sulfonamides is 1. The molecule has 242 valence electrons. The number of ether oxygens (including phenoxy) is 1. The molecule has 3 aromatic rings. The molecule has 11 nitrogen and oxygen atoms in total. The molecular weight excluding hydrogens is 594 g/mol. The molecule has 1 aliphatic rings. The molecular formula is C33H43N5O6S. The van der Waals surface area contributed by atoms with Gasteiger partial charge in [0.15, 0.2) is 0 Å². The first kappa shape index (κ1) is 34.2. The maximum atomic E-state index is 13.1. The highest BCUT2D eigenvalue weighted by Crippen LogP contribution is 2.29. The lowest BCUT2D eigenvalue weighted by Crippen LogP contribution is -2.49. The fraction of sp³-hybridized carbons (Fsp3) is 0.424. The van der Waals surface area contributed by atoms with E-state index in [2.05, 4.69) is 32.1 Å². The molecule has 0 spiro atoms. The van der Waals surface area contributed by atoms with Crippen molar-refractivity contribution in [3.05, 3.63) is 94.8 Å². The number of carbonyl (C=O) groups excluding carboxylic acids is 1. The fourth-order valence-electron chi connectivity index (χ4n) is 6.02. The number of nitrogens with one attached hydrogen (secondary N) is 2. The predicted octanol–water partition coefficient (Wildman–Crippen LogP) is 2.65. The second kappa shape index (κ2) is 15.5. The summed E-state index contributed by atoms with van der Waals surface area (Å²) in [5, 5.41) is 12.2. The zero-order chi connectivity index (χ0) is 32.6. The van der Waals surface area contributed by atoms with Gasteiger partial charge in [0.25, 0.3) is 0 Å². The number of hydrogen-bond acceptors (Lipinski definition) is 8. The van der Waals surface area contributed by atoms with Gasteiger partial charge in [-0.2, -0.15) is 4.72 Å².